The fourth-order valence-corrected chi connectivity index (χ4v) is 4.28. The zero-order chi connectivity index (χ0) is 20.0. The minimum absolute atomic E-state index is 0.0559. The molecule has 3 heterocycles. The lowest BCUT2D eigenvalue weighted by Gasteiger charge is -2.33. The minimum atomic E-state index is -0.719. The van der Waals surface area contributed by atoms with E-state index in [1.54, 1.807) is 0 Å². The molecule has 0 radical (unpaired) electrons. The Morgan fingerprint density at radius 3 is 2.52 bits per heavy atom. The number of rotatable bonds is 1. The first kappa shape index (κ1) is 18.1. The van der Waals surface area contributed by atoms with Crippen LogP contribution in [0.5, 0.6) is 0 Å². The molecule has 0 N–H and O–H groups in total. The fraction of sp³-hybridized carbons (Fsp3) is 0.409. The number of ether oxygens (including phenoxy) is 1. The topological polar surface area (TPSA) is 83.7 Å². The Morgan fingerprint density at radius 1 is 1.00 bits per heavy atom. The molecule has 1 unspecified atom stereocenters. The molecule has 4 aliphatic rings. The molecule has 7 heteroatoms. The second-order valence-corrected chi connectivity index (χ2v) is 7.74. The van der Waals surface area contributed by atoms with E-state index >= 15 is 0 Å². The van der Waals surface area contributed by atoms with E-state index in [0.29, 0.717) is 55.7 Å². The largest absolute Gasteiger partial charge is 0.378 e. The summed E-state index contributed by atoms with van der Waals surface area (Å²) in [5, 5.41) is 0. The summed E-state index contributed by atoms with van der Waals surface area (Å²) in [7, 11) is 0. The molecule has 1 aromatic carbocycles. The Balaban J connectivity index is 1.63. The van der Waals surface area contributed by atoms with Crippen LogP contribution < -0.4 is 0 Å². The third-order valence-electron chi connectivity index (χ3n) is 5.78. The maximum Gasteiger partial charge on any atom is 0.264 e. The summed E-state index contributed by atoms with van der Waals surface area (Å²) in [6, 6.07) is 7.92. The average Bonchev–Trinajstić information content (AvgIpc) is 2.74. The number of aliphatic imine (C=N–C) groups is 3. The molecule has 1 atom stereocenters. The van der Waals surface area contributed by atoms with Gasteiger partial charge in [-0.2, -0.15) is 9.98 Å². The van der Waals surface area contributed by atoms with E-state index < -0.39 is 5.92 Å². The van der Waals surface area contributed by atoms with Gasteiger partial charge in [-0.25, -0.2) is 4.99 Å². The van der Waals surface area contributed by atoms with Crippen molar-refractivity contribution in [3.05, 3.63) is 41.0 Å². The molecule has 3 aliphatic heterocycles. The number of carbonyl (C=O) groups is 2. The van der Waals surface area contributed by atoms with Gasteiger partial charge in [0, 0.05) is 25.1 Å². The lowest BCUT2D eigenvalue weighted by Crippen LogP contribution is -2.44. The van der Waals surface area contributed by atoms with Crippen molar-refractivity contribution in [2.75, 3.05) is 26.3 Å². The van der Waals surface area contributed by atoms with Crippen molar-refractivity contribution in [3.63, 3.8) is 0 Å². The molecule has 1 aromatic rings. The molecule has 5 rings (SSSR count). The summed E-state index contributed by atoms with van der Waals surface area (Å²) < 4.78 is 5.39. The first-order valence-electron chi connectivity index (χ1n) is 10.1. The molecule has 29 heavy (non-hydrogen) atoms. The number of benzene rings is 1. The van der Waals surface area contributed by atoms with E-state index in [1.165, 1.54) is 0 Å². The van der Waals surface area contributed by atoms with Gasteiger partial charge < -0.3 is 9.64 Å². The summed E-state index contributed by atoms with van der Waals surface area (Å²) >= 11 is 0. The molecule has 2 fully saturated rings. The summed E-state index contributed by atoms with van der Waals surface area (Å²) in [5.41, 5.74) is 4.05. The normalized spacial score (nSPS) is 24.5. The van der Waals surface area contributed by atoms with E-state index in [0.717, 1.165) is 29.7 Å². The van der Waals surface area contributed by atoms with Gasteiger partial charge in [0.05, 0.1) is 18.9 Å². The van der Waals surface area contributed by atoms with Gasteiger partial charge >= 0.3 is 0 Å². The predicted octanol–water partition coefficient (Wildman–Crippen LogP) is 2.20. The summed E-state index contributed by atoms with van der Waals surface area (Å²) in [5.74, 6) is -0.109. The molecule has 0 bridgehead atoms. The lowest BCUT2D eigenvalue weighted by atomic mass is 9.77. The van der Waals surface area contributed by atoms with Crippen LogP contribution in [0.15, 0.2) is 44.8 Å². The zero-order valence-electron chi connectivity index (χ0n) is 16.4. The number of morpholine rings is 1. The Morgan fingerprint density at radius 2 is 1.76 bits per heavy atom. The number of amidine groups is 1. The van der Waals surface area contributed by atoms with Crippen LogP contribution in [0.2, 0.25) is 0 Å². The van der Waals surface area contributed by atoms with Crippen LogP contribution in [-0.2, 0) is 14.3 Å². The molecule has 148 valence electrons. The Kier molecular flexibility index (Phi) is 4.47. The van der Waals surface area contributed by atoms with Crippen molar-refractivity contribution in [3.8, 4) is 0 Å². The van der Waals surface area contributed by atoms with Crippen LogP contribution in [0.25, 0.3) is 5.57 Å². The predicted molar refractivity (Wildman–Crippen MR) is 110 cm³/mol. The van der Waals surface area contributed by atoms with Gasteiger partial charge in [-0.3, -0.25) is 9.59 Å². The number of guanidine groups is 1. The number of carbonyl (C=O) groups excluding carboxylic acids is 2. The van der Waals surface area contributed by atoms with Crippen LogP contribution in [0.1, 0.15) is 30.4 Å². The highest BCUT2D eigenvalue weighted by atomic mass is 16.5. The monoisotopic (exact) mass is 390 g/mol. The quantitative estimate of drug-likeness (QED) is 0.736. The van der Waals surface area contributed by atoms with Crippen LogP contribution in [0.3, 0.4) is 0 Å². The Labute approximate surface area is 168 Å². The molecular weight excluding hydrogens is 368 g/mol. The number of hydrogen-bond acceptors (Lipinski definition) is 6. The molecule has 7 nitrogen and oxygen atoms in total. The number of fused-ring (bicyclic) bond motifs is 2. The van der Waals surface area contributed by atoms with Gasteiger partial charge in [-0.1, -0.05) is 29.8 Å². The van der Waals surface area contributed by atoms with E-state index in [9.17, 15) is 9.59 Å². The number of ketones is 1. The van der Waals surface area contributed by atoms with Crippen LogP contribution in [0, 0.1) is 12.8 Å². The number of hydrogen-bond donors (Lipinski definition) is 0. The van der Waals surface area contributed by atoms with Gasteiger partial charge in [-0.05, 0) is 30.9 Å². The lowest BCUT2D eigenvalue weighted by molar-refractivity contribution is -0.118. The van der Waals surface area contributed by atoms with E-state index in [-0.39, 0.29) is 11.7 Å². The summed E-state index contributed by atoms with van der Waals surface area (Å²) in [6.07, 6.45) is 1.98. The summed E-state index contributed by atoms with van der Waals surface area (Å²) in [6.45, 7) is 4.48. The standard InChI is InChI=1S/C22H22N4O3/c1-13-5-7-14(8-6-13)17-18-15(3-2-4-16(18)27)23-20-19(17)21(28)25-22(24-20)26-9-11-29-12-10-26/h5-8,19H,2-4,9-12H2,1H3. The maximum atomic E-state index is 13.2. The molecular formula is C22H22N4O3. The highest BCUT2D eigenvalue weighted by molar-refractivity contribution is 6.37. The average molecular weight is 390 g/mol. The fourth-order valence-electron chi connectivity index (χ4n) is 4.28. The van der Waals surface area contributed by atoms with Crippen LogP contribution in [-0.4, -0.2) is 60.4 Å². The van der Waals surface area contributed by atoms with Crippen molar-refractivity contribution in [1.82, 2.24) is 4.90 Å². The number of aryl methyl sites for hydroxylation is 1. The molecule has 1 saturated heterocycles. The molecule has 1 aliphatic carbocycles. The van der Waals surface area contributed by atoms with Gasteiger partial charge in [0.25, 0.3) is 5.91 Å². The smallest absolute Gasteiger partial charge is 0.264 e. The van der Waals surface area contributed by atoms with Crippen molar-refractivity contribution < 1.29 is 14.3 Å². The Bertz CT molecular complexity index is 1010. The minimum Gasteiger partial charge on any atom is -0.378 e. The van der Waals surface area contributed by atoms with Crippen molar-refractivity contribution >= 4 is 34.8 Å². The van der Waals surface area contributed by atoms with Gasteiger partial charge in [0.15, 0.2) is 5.78 Å². The first-order valence-corrected chi connectivity index (χ1v) is 10.1. The SMILES string of the molecule is Cc1ccc(C2=C3C(=O)CCCC3=NC3=NC(N4CCOCC4)=NC(=O)C32)cc1. The number of Topliss-reactive ketones (excluding diaryl/α,β-unsaturated/α-hetero) is 1. The second-order valence-electron chi connectivity index (χ2n) is 7.74. The van der Waals surface area contributed by atoms with Crippen LogP contribution >= 0.6 is 0 Å². The maximum absolute atomic E-state index is 13.2. The molecule has 1 amide bonds. The van der Waals surface area contributed by atoms with Crippen LogP contribution in [0.4, 0.5) is 0 Å². The first-order chi connectivity index (χ1) is 14.1. The van der Waals surface area contributed by atoms with Crippen molar-refractivity contribution in [2.24, 2.45) is 20.9 Å². The highest BCUT2D eigenvalue weighted by Crippen LogP contribution is 2.39. The third kappa shape index (κ3) is 3.15. The third-order valence-corrected chi connectivity index (χ3v) is 5.78. The second kappa shape index (κ2) is 7.15. The number of allylic oxidation sites excluding steroid dienone is 1. The molecule has 1 saturated carbocycles. The van der Waals surface area contributed by atoms with Crippen molar-refractivity contribution in [2.45, 2.75) is 26.2 Å². The van der Waals surface area contributed by atoms with Gasteiger partial charge in [0.1, 0.15) is 11.8 Å². The zero-order valence-corrected chi connectivity index (χ0v) is 16.4. The van der Waals surface area contributed by atoms with Gasteiger partial charge in [-0.15, -0.1) is 0 Å². The van der Waals surface area contributed by atoms with E-state index in [1.807, 2.05) is 36.1 Å². The molecule has 0 spiro atoms. The summed E-state index contributed by atoms with van der Waals surface area (Å²) in [4.78, 5) is 41.6. The number of dihydropyridines is 1. The molecule has 0 aromatic heterocycles. The van der Waals surface area contributed by atoms with E-state index in [2.05, 4.69) is 9.98 Å². The highest BCUT2D eigenvalue weighted by Gasteiger charge is 2.42. The van der Waals surface area contributed by atoms with Gasteiger partial charge in [0.2, 0.25) is 5.96 Å². The number of nitrogens with zero attached hydrogens (tertiary/aromatic N) is 4. The Hall–Kier alpha value is -2.93. The van der Waals surface area contributed by atoms with Crippen molar-refractivity contribution in [1.29, 1.82) is 0 Å². The number of amides is 1. The van der Waals surface area contributed by atoms with E-state index in [4.69, 9.17) is 9.73 Å².